The van der Waals surface area contributed by atoms with Crippen LogP contribution >= 0.6 is 0 Å². The van der Waals surface area contributed by atoms with Crippen LogP contribution in [0, 0.1) is 5.92 Å². The number of aromatic nitrogens is 1. The summed E-state index contributed by atoms with van der Waals surface area (Å²) in [5.41, 5.74) is 1.96. The molecular weight excluding hydrogens is 452 g/mol. The third-order valence-corrected chi connectivity index (χ3v) is 7.39. The van der Waals surface area contributed by atoms with E-state index in [4.69, 9.17) is 4.74 Å². The van der Waals surface area contributed by atoms with E-state index in [0.717, 1.165) is 35.1 Å². The first-order valence-corrected chi connectivity index (χ1v) is 12.7. The third kappa shape index (κ3) is 4.96. The number of nitrogens with zero attached hydrogens (tertiary/aromatic N) is 2. The van der Waals surface area contributed by atoms with Crippen LogP contribution in [0.1, 0.15) is 56.7 Å². The van der Waals surface area contributed by atoms with Crippen LogP contribution in [0.4, 0.5) is 4.79 Å². The van der Waals surface area contributed by atoms with Crippen molar-refractivity contribution >= 4 is 6.09 Å². The number of hydrogen-bond acceptors (Lipinski definition) is 4. The molecular formula is C30H34N2O4. The lowest BCUT2D eigenvalue weighted by Gasteiger charge is -2.46. The zero-order valence-electron chi connectivity index (χ0n) is 21.2. The molecule has 1 saturated heterocycles. The lowest BCUT2D eigenvalue weighted by molar-refractivity contribution is -0.103. The van der Waals surface area contributed by atoms with E-state index in [1.807, 2.05) is 53.4 Å². The van der Waals surface area contributed by atoms with Crippen LogP contribution in [-0.2, 0) is 17.4 Å². The summed E-state index contributed by atoms with van der Waals surface area (Å²) in [4.78, 5) is 27.5. The molecule has 2 atom stereocenters. The minimum absolute atomic E-state index is 0.0450. The Balaban J connectivity index is 1.41. The van der Waals surface area contributed by atoms with Gasteiger partial charge in [-0.15, -0.1) is 0 Å². The van der Waals surface area contributed by atoms with Gasteiger partial charge in [0.2, 0.25) is 0 Å². The van der Waals surface area contributed by atoms with Crippen molar-refractivity contribution in [3.8, 4) is 11.1 Å². The molecule has 5 rings (SSSR count). The molecule has 2 aromatic carbocycles. The first-order chi connectivity index (χ1) is 17.2. The zero-order valence-corrected chi connectivity index (χ0v) is 21.2. The van der Waals surface area contributed by atoms with Gasteiger partial charge in [-0.05, 0) is 60.9 Å². The van der Waals surface area contributed by atoms with Crippen LogP contribution in [0.3, 0.4) is 0 Å². The van der Waals surface area contributed by atoms with Crippen LogP contribution in [0.25, 0.3) is 11.1 Å². The number of aryl methyl sites for hydroxylation is 1. The van der Waals surface area contributed by atoms with E-state index in [0.29, 0.717) is 25.3 Å². The van der Waals surface area contributed by atoms with Crippen molar-refractivity contribution in [1.82, 2.24) is 9.47 Å². The monoisotopic (exact) mass is 486 g/mol. The zero-order chi connectivity index (χ0) is 25.5. The van der Waals surface area contributed by atoms with E-state index < -0.39 is 11.2 Å². The van der Waals surface area contributed by atoms with Crippen molar-refractivity contribution in [2.45, 2.75) is 56.8 Å². The molecule has 1 amide bonds. The number of hydrogen-bond donors (Lipinski definition) is 1. The number of aliphatic hydroxyl groups is 1. The van der Waals surface area contributed by atoms with Crippen LogP contribution in [0.2, 0.25) is 0 Å². The molecule has 1 aromatic heterocycles. The molecule has 0 spiro atoms. The maximum atomic E-state index is 13.6. The Morgan fingerprint density at radius 1 is 1.03 bits per heavy atom. The standard InChI is InChI=1S/C30H34N2O4/c1-29(2,35)20-30(25-7-5-4-6-8-25)16-18-32(28(34)36-30)27(23-13-14-23)22-11-9-21(10-12-22)24-15-17-31(3)26(33)19-24/h4-12,15,17,19,23,27,35H,13-14,16,18,20H2,1-3H3/t27-,30+/m1/s1. The summed E-state index contributed by atoms with van der Waals surface area (Å²) in [5.74, 6) is 0.408. The van der Waals surface area contributed by atoms with Gasteiger partial charge < -0.3 is 19.3 Å². The molecule has 1 aliphatic carbocycles. The summed E-state index contributed by atoms with van der Waals surface area (Å²) in [7, 11) is 1.74. The minimum atomic E-state index is -0.984. The van der Waals surface area contributed by atoms with Gasteiger partial charge in [-0.25, -0.2) is 4.79 Å². The van der Waals surface area contributed by atoms with E-state index in [9.17, 15) is 14.7 Å². The molecule has 1 saturated carbocycles. The van der Waals surface area contributed by atoms with E-state index in [2.05, 4.69) is 12.1 Å². The minimum Gasteiger partial charge on any atom is -0.438 e. The Kier molecular flexibility index (Phi) is 6.25. The van der Waals surface area contributed by atoms with Crippen molar-refractivity contribution in [2.24, 2.45) is 13.0 Å². The SMILES string of the molecule is Cn1ccc(-c2ccc([C@H](C3CC3)N3CC[C@](CC(C)(C)O)(c4ccccc4)OC3=O)cc2)cc1=O. The summed E-state index contributed by atoms with van der Waals surface area (Å²) >= 11 is 0. The topological polar surface area (TPSA) is 71.8 Å². The van der Waals surface area contributed by atoms with Gasteiger partial charge in [-0.1, -0.05) is 54.6 Å². The van der Waals surface area contributed by atoms with Gasteiger partial charge in [-0.2, -0.15) is 0 Å². The molecule has 6 heteroatoms. The smallest absolute Gasteiger partial charge is 0.411 e. The highest BCUT2D eigenvalue weighted by molar-refractivity contribution is 5.71. The van der Waals surface area contributed by atoms with E-state index in [-0.39, 0.29) is 17.7 Å². The number of cyclic esters (lactones) is 1. The number of ether oxygens (including phenoxy) is 1. The van der Waals surface area contributed by atoms with Crippen molar-refractivity contribution in [3.63, 3.8) is 0 Å². The molecule has 36 heavy (non-hydrogen) atoms. The first-order valence-electron chi connectivity index (χ1n) is 12.7. The average Bonchev–Trinajstić information content (AvgIpc) is 3.68. The van der Waals surface area contributed by atoms with Gasteiger partial charge in [0.25, 0.3) is 5.56 Å². The predicted molar refractivity (Wildman–Crippen MR) is 139 cm³/mol. The molecule has 2 fully saturated rings. The molecule has 0 bridgehead atoms. The maximum Gasteiger partial charge on any atom is 0.411 e. The molecule has 6 nitrogen and oxygen atoms in total. The Morgan fingerprint density at radius 3 is 2.31 bits per heavy atom. The largest absolute Gasteiger partial charge is 0.438 e. The fourth-order valence-electron chi connectivity index (χ4n) is 5.51. The maximum absolute atomic E-state index is 13.6. The fraction of sp³-hybridized carbons (Fsp3) is 0.400. The van der Waals surface area contributed by atoms with Gasteiger partial charge >= 0.3 is 6.09 Å². The van der Waals surface area contributed by atoms with Crippen molar-refractivity contribution in [2.75, 3.05) is 6.54 Å². The van der Waals surface area contributed by atoms with Gasteiger partial charge in [0.1, 0.15) is 5.60 Å². The van der Waals surface area contributed by atoms with Gasteiger partial charge in [0, 0.05) is 38.7 Å². The summed E-state index contributed by atoms with van der Waals surface area (Å²) in [6.45, 7) is 4.07. The van der Waals surface area contributed by atoms with Crippen LogP contribution in [-0.4, -0.2) is 32.8 Å². The number of amides is 1. The fourth-order valence-corrected chi connectivity index (χ4v) is 5.51. The second-order valence-electron chi connectivity index (χ2n) is 10.9. The Bertz CT molecular complexity index is 1290. The van der Waals surface area contributed by atoms with Crippen molar-refractivity contribution in [3.05, 3.63) is 94.4 Å². The number of carbonyl (C=O) groups excluding carboxylic acids is 1. The second kappa shape index (κ2) is 9.25. The van der Waals surface area contributed by atoms with Crippen LogP contribution in [0.15, 0.2) is 77.7 Å². The molecule has 188 valence electrons. The lowest BCUT2D eigenvalue weighted by Crippen LogP contribution is -2.51. The van der Waals surface area contributed by atoms with Gasteiger partial charge in [-0.3, -0.25) is 4.79 Å². The Labute approximate surface area is 212 Å². The van der Waals surface area contributed by atoms with Crippen molar-refractivity contribution in [1.29, 1.82) is 0 Å². The summed E-state index contributed by atoms with van der Waals surface area (Å²) in [6.07, 6.45) is 4.55. The summed E-state index contributed by atoms with van der Waals surface area (Å²) in [5, 5.41) is 10.7. The van der Waals surface area contributed by atoms with Crippen molar-refractivity contribution < 1.29 is 14.6 Å². The highest BCUT2D eigenvalue weighted by Crippen LogP contribution is 2.48. The molecule has 1 aliphatic heterocycles. The molecule has 3 aromatic rings. The van der Waals surface area contributed by atoms with Gasteiger partial charge in [0.05, 0.1) is 11.6 Å². The summed E-state index contributed by atoms with van der Waals surface area (Å²) < 4.78 is 7.79. The predicted octanol–water partition coefficient (Wildman–Crippen LogP) is 5.40. The second-order valence-corrected chi connectivity index (χ2v) is 10.9. The number of carbonyl (C=O) groups is 1. The quantitative estimate of drug-likeness (QED) is 0.485. The normalized spacial score (nSPS) is 21.2. The highest BCUT2D eigenvalue weighted by atomic mass is 16.6. The molecule has 2 aliphatic rings. The number of pyridine rings is 1. The summed E-state index contributed by atoms with van der Waals surface area (Å²) in [6, 6.07) is 21.5. The first kappa shape index (κ1) is 24.3. The highest BCUT2D eigenvalue weighted by Gasteiger charge is 2.49. The average molecular weight is 487 g/mol. The van der Waals surface area contributed by atoms with E-state index >= 15 is 0 Å². The number of rotatable bonds is 7. The van der Waals surface area contributed by atoms with Crippen LogP contribution in [0.5, 0.6) is 0 Å². The molecule has 0 unspecified atom stereocenters. The van der Waals surface area contributed by atoms with E-state index in [1.165, 1.54) is 0 Å². The number of benzene rings is 2. The molecule has 1 N–H and O–H groups in total. The van der Waals surface area contributed by atoms with Gasteiger partial charge in [0.15, 0.2) is 0 Å². The Morgan fingerprint density at radius 2 is 1.72 bits per heavy atom. The van der Waals surface area contributed by atoms with Crippen LogP contribution < -0.4 is 5.56 Å². The third-order valence-electron chi connectivity index (χ3n) is 7.39. The van der Waals surface area contributed by atoms with E-state index in [1.54, 1.807) is 37.7 Å². The molecule has 0 radical (unpaired) electrons. The lowest BCUT2D eigenvalue weighted by atomic mass is 9.80. The molecule has 2 heterocycles. The Hall–Kier alpha value is -3.38.